The normalized spacial score (nSPS) is 10.3. The number of hydrogen-bond donors (Lipinski definition) is 1. The zero-order valence-corrected chi connectivity index (χ0v) is 15.8. The number of nitrogens with zero attached hydrogens (tertiary/aromatic N) is 1. The van der Waals surface area contributed by atoms with Crippen LogP contribution in [-0.2, 0) is 9.59 Å². The Morgan fingerprint density at radius 2 is 1.81 bits per heavy atom. The molecule has 2 aromatic carbocycles. The number of carbonyl (C=O) groups excluding carboxylic acids is 2. The molecule has 2 rings (SSSR count). The Kier molecular flexibility index (Phi) is 6.78. The van der Waals surface area contributed by atoms with Gasteiger partial charge >= 0.3 is 0 Å². The summed E-state index contributed by atoms with van der Waals surface area (Å²) in [5.41, 5.74) is 3.75. The largest absolute Gasteiger partial charge is 0.492 e. The van der Waals surface area contributed by atoms with Gasteiger partial charge in [-0.05, 0) is 56.2 Å². The van der Waals surface area contributed by atoms with E-state index in [-0.39, 0.29) is 24.8 Å². The fourth-order valence-corrected chi connectivity index (χ4v) is 2.66. The van der Waals surface area contributed by atoms with Crippen LogP contribution in [0, 0.1) is 13.8 Å². The Hall–Kier alpha value is -2.82. The highest BCUT2D eigenvalue weighted by molar-refractivity contribution is 5.95. The quantitative estimate of drug-likeness (QED) is 0.815. The minimum atomic E-state index is -0.131. The summed E-state index contributed by atoms with van der Waals surface area (Å²) < 4.78 is 5.60. The summed E-state index contributed by atoms with van der Waals surface area (Å²) in [7, 11) is 0. The van der Waals surface area contributed by atoms with Crippen LogP contribution in [0.3, 0.4) is 0 Å². The van der Waals surface area contributed by atoms with Gasteiger partial charge in [0, 0.05) is 25.6 Å². The molecule has 26 heavy (non-hydrogen) atoms. The Morgan fingerprint density at radius 3 is 2.46 bits per heavy atom. The third-order valence-electron chi connectivity index (χ3n) is 4.19. The van der Waals surface area contributed by atoms with Crippen LogP contribution >= 0.6 is 0 Å². The molecule has 0 aromatic heterocycles. The van der Waals surface area contributed by atoms with Gasteiger partial charge in [-0.1, -0.05) is 18.2 Å². The van der Waals surface area contributed by atoms with Crippen LogP contribution < -0.4 is 15.0 Å². The van der Waals surface area contributed by atoms with Crippen molar-refractivity contribution in [1.82, 2.24) is 0 Å². The molecule has 138 valence electrons. The Bertz CT molecular complexity index is 787. The van der Waals surface area contributed by atoms with E-state index in [2.05, 4.69) is 5.32 Å². The molecule has 0 aliphatic heterocycles. The van der Waals surface area contributed by atoms with Crippen molar-refractivity contribution < 1.29 is 14.3 Å². The van der Waals surface area contributed by atoms with Gasteiger partial charge in [0.15, 0.2) is 0 Å². The first-order valence-electron chi connectivity index (χ1n) is 8.79. The van der Waals surface area contributed by atoms with Gasteiger partial charge in [-0.25, -0.2) is 0 Å². The van der Waals surface area contributed by atoms with Crippen LogP contribution in [0.25, 0.3) is 0 Å². The first-order valence-corrected chi connectivity index (χ1v) is 8.79. The number of ether oxygens (including phenoxy) is 1. The molecule has 2 amide bonds. The molecular weight excluding hydrogens is 328 g/mol. The Morgan fingerprint density at radius 1 is 1.08 bits per heavy atom. The molecule has 0 spiro atoms. The van der Waals surface area contributed by atoms with Gasteiger partial charge in [0.25, 0.3) is 0 Å². The topological polar surface area (TPSA) is 58.6 Å². The average Bonchev–Trinajstić information content (AvgIpc) is 2.59. The van der Waals surface area contributed by atoms with Crippen LogP contribution in [-0.4, -0.2) is 25.0 Å². The highest BCUT2D eigenvalue weighted by atomic mass is 16.5. The molecule has 0 fully saturated rings. The summed E-state index contributed by atoms with van der Waals surface area (Å²) in [5.74, 6) is 0.379. The SMILES string of the molecule is CCOc1ccccc1N(CCC(=O)Nc1ccc(C)c(C)c1)C(C)=O. The molecule has 0 aliphatic carbocycles. The highest BCUT2D eigenvalue weighted by Crippen LogP contribution is 2.28. The lowest BCUT2D eigenvalue weighted by molar-refractivity contribution is -0.117. The van der Waals surface area contributed by atoms with E-state index in [4.69, 9.17) is 4.74 Å². The number of para-hydroxylation sites is 2. The number of anilines is 2. The lowest BCUT2D eigenvalue weighted by atomic mass is 10.1. The van der Waals surface area contributed by atoms with Gasteiger partial charge in [-0.3, -0.25) is 9.59 Å². The number of carbonyl (C=O) groups is 2. The third kappa shape index (κ3) is 5.09. The van der Waals surface area contributed by atoms with Crippen LogP contribution in [0.5, 0.6) is 5.75 Å². The first kappa shape index (κ1) is 19.5. The standard InChI is InChI=1S/C21H26N2O3/c1-5-26-20-9-7-6-8-19(20)23(17(4)24)13-12-21(25)22-18-11-10-15(2)16(3)14-18/h6-11,14H,5,12-13H2,1-4H3,(H,22,25). The second-order valence-corrected chi connectivity index (χ2v) is 6.17. The number of hydrogen-bond acceptors (Lipinski definition) is 3. The van der Waals surface area contributed by atoms with E-state index in [9.17, 15) is 9.59 Å². The average molecular weight is 354 g/mol. The van der Waals surface area contributed by atoms with Gasteiger partial charge in [0.1, 0.15) is 5.75 Å². The Labute approximate surface area is 155 Å². The molecule has 0 saturated carbocycles. The maximum absolute atomic E-state index is 12.3. The molecular formula is C21H26N2O3. The molecule has 0 heterocycles. The number of rotatable bonds is 7. The summed E-state index contributed by atoms with van der Waals surface area (Å²) in [6, 6.07) is 13.2. The van der Waals surface area contributed by atoms with E-state index in [0.29, 0.717) is 18.0 Å². The second kappa shape index (κ2) is 9.04. The zero-order chi connectivity index (χ0) is 19.1. The molecule has 0 radical (unpaired) electrons. The molecule has 0 unspecified atom stereocenters. The number of amides is 2. The number of aryl methyl sites for hydroxylation is 2. The predicted molar refractivity (Wildman–Crippen MR) is 105 cm³/mol. The minimum absolute atomic E-state index is 0.129. The van der Waals surface area contributed by atoms with E-state index in [0.717, 1.165) is 11.3 Å². The second-order valence-electron chi connectivity index (χ2n) is 6.17. The van der Waals surface area contributed by atoms with Crippen molar-refractivity contribution in [3.8, 4) is 5.75 Å². The van der Waals surface area contributed by atoms with Crippen molar-refractivity contribution >= 4 is 23.2 Å². The van der Waals surface area contributed by atoms with Crippen LogP contribution in [0.2, 0.25) is 0 Å². The molecule has 0 saturated heterocycles. The van der Waals surface area contributed by atoms with Crippen molar-refractivity contribution in [2.75, 3.05) is 23.4 Å². The van der Waals surface area contributed by atoms with Crippen molar-refractivity contribution in [2.45, 2.75) is 34.1 Å². The summed E-state index contributed by atoms with van der Waals surface area (Å²) in [6.07, 6.45) is 0.201. The molecule has 1 N–H and O–H groups in total. The van der Waals surface area contributed by atoms with E-state index in [1.54, 1.807) is 4.90 Å². The highest BCUT2D eigenvalue weighted by Gasteiger charge is 2.17. The van der Waals surface area contributed by atoms with Gasteiger partial charge in [0.05, 0.1) is 12.3 Å². The molecule has 2 aromatic rings. The molecule has 0 aliphatic rings. The maximum atomic E-state index is 12.3. The van der Waals surface area contributed by atoms with Crippen molar-refractivity contribution in [3.63, 3.8) is 0 Å². The van der Waals surface area contributed by atoms with Crippen LogP contribution in [0.1, 0.15) is 31.4 Å². The lowest BCUT2D eigenvalue weighted by Crippen LogP contribution is -2.32. The van der Waals surface area contributed by atoms with Gasteiger partial charge in [-0.15, -0.1) is 0 Å². The van der Waals surface area contributed by atoms with Crippen molar-refractivity contribution in [1.29, 1.82) is 0 Å². The summed E-state index contributed by atoms with van der Waals surface area (Å²) in [5, 5.41) is 2.89. The number of nitrogens with one attached hydrogen (secondary N) is 1. The molecule has 5 heteroatoms. The fourth-order valence-electron chi connectivity index (χ4n) is 2.66. The smallest absolute Gasteiger partial charge is 0.226 e. The molecule has 5 nitrogen and oxygen atoms in total. The molecule has 0 atom stereocenters. The fraction of sp³-hybridized carbons (Fsp3) is 0.333. The van der Waals surface area contributed by atoms with E-state index in [1.165, 1.54) is 12.5 Å². The lowest BCUT2D eigenvalue weighted by Gasteiger charge is -2.23. The van der Waals surface area contributed by atoms with Crippen molar-refractivity contribution in [2.24, 2.45) is 0 Å². The van der Waals surface area contributed by atoms with E-state index < -0.39 is 0 Å². The summed E-state index contributed by atoms with van der Waals surface area (Å²) >= 11 is 0. The van der Waals surface area contributed by atoms with E-state index in [1.807, 2.05) is 63.2 Å². The van der Waals surface area contributed by atoms with Gasteiger partial charge < -0.3 is 15.0 Å². The summed E-state index contributed by atoms with van der Waals surface area (Å²) in [6.45, 7) is 8.22. The minimum Gasteiger partial charge on any atom is -0.492 e. The maximum Gasteiger partial charge on any atom is 0.226 e. The number of benzene rings is 2. The van der Waals surface area contributed by atoms with Gasteiger partial charge in [-0.2, -0.15) is 0 Å². The summed E-state index contributed by atoms with van der Waals surface area (Å²) in [4.78, 5) is 26.0. The predicted octanol–water partition coefficient (Wildman–Crippen LogP) is 4.08. The first-order chi connectivity index (χ1) is 12.4. The van der Waals surface area contributed by atoms with Crippen LogP contribution in [0.15, 0.2) is 42.5 Å². The third-order valence-corrected chi connectivity index (χ3v) is 4.19. The van der Waals surface area contributed by atoms with Crippen LogP contribution in [0.4, 0.5) is 11.4 Å². The zero-order valence-electron chi connectivity index (χ0n) is 15.8. The Balaban J connectivity index is 2.05. The van der Waals surface area contributed by atoms with Gasteiger partial charge in [0.2, 0.25) is 11.8 Å². The van der Waals surface area contributed by atoms with E-state index >= 15 is 0 Å². The van der Waals surface area contributed by atoms with Crippen molar-refractivity contribution in [3.05, 3.63) is 53.6 Å². The monoisotopic (exact) mass is 354 g/mol. The molecule has 0 bridgehead atoms.